The van der Waals surface area contributed by atoms with Gasteiger partial charge in [0.15, 0.2) is 4.32 Å². The minimum absolute atomic E-state index is 0.323. The number of ether oxygens (including phenoxy) is 2. The van der Waals surface area contributed by atoms with Gasteiger partial charge in [-0.15, -0.1) is 0 Å². The van der Waals surface area contributed by atoms with Crippen molar-refractivity contribution in [3.63, 3.8) is 0 Å². The molecule has 0 heterocycles. The van der Waals surface area contributed by atoms with Gasteiger partial charge in [-0.3, -0.25) is 4.79 Å². The van der Waals surface area contributed by atoms with Crippen LogP contribution in [0.3, 0.4) is 0 Å². The molecule has 0 radical (unpaired) electrons. The number of hydrogen-bond acceptors (Lipinski definition) is 3. The van der Waals surface area contributed by atoms with Crippen molar-refractivity contribution in [3.8, 4) is 0 Å². The van der Waals surface area contributed by atoms with Gasteiger partial charge in [-0.1, -0.05) is 46.3 Å². The molecule has 94 valence electrons. The van der Waals surface area contributed by atoms with Crippen molar-refractivity contribution >= 4 is 21.9 Å². The molecule has 17 heavy (non-hydrogen) atoms. The van der Waals surface area contributed by atoms with E-state index in [4.69, 9.17) is 9.47 Å². The summed E-state index contributed by atoms with van der Waals surface area (Å²) in [4.78, 5) is 11.9. The summed E-state index contributed by atoms with van der Waals surface area (Å²) in [7, 11) is 1.58. The Morgan fingerprint density at radius 1 is 1.41 bits per heavy atom. The predicted molar refractivity (Wildman–Crippen MR) is 70.2 cm³/mol. The minimum atomic E-state index is -0.890. The van der Waals surface area contributed by atoms with Gasteiger partial charge in [0, 0.05) is 7.11 Å². The molecule has 0 spiro atoms. The van der Waals surface area contributed by atoms with Crippen LogP contribution in [0.1, 0.15) is 25.5 Å². The molecule has 2 unspecified atom stereocenters. The zero-order valence-corrected chi connectivity index (χ0v) is 11.9. The number of hydrogen-bond donors (Lipinski definition) is 0. The Hall–Kier alpha value is -0.870. The van der Waals surface area contributed by atoms with E-state index in [1.165, 1.54) is 0 Å². The van der Waals surface area contributed by atoms with E-state index in [2.05, 4.69) is 15.9 Å². The van der Waals surface area contributed by atoms with Crippen molar-refractivity contribution in [2.45, 2.75) is 24.3 Å². The summed E-state index contributed by atoms with van der Waals surface area (Å²) >= 11 is 3.41. The summed E-state index contributed by atoms with van der Waals surface area (Å²) in [6.45, 7) is 3.89. The van der Waals surface area contributed by atoms with Crippen LogP contribution in [0.5, 0.6) is 0 Å². The largest absolute Gasteiger partial charge is 0.465 e. The molecular formula is C13H17BrO3. The fourth-order valence-corrected chi connectivity index (χ4v) is 2.24. The highest BCUT2D eigenvalue weighted by Crippen LogP contribution is 2.37. The standard InChI is InChI=1S/C13H17BrO3/c1-4-17-12(15)13(2,14)11(16-3)10-8-6-5-7-9-10/h5-9,11H,4H2,1-3H3. The maximum atomic E-state index is 11.9. The minimum Gasteiger partial charge on any atom is -0.465 e. The molecule has 0 saturated carbocycles. The first-order valence-electron chi connectivity index (χ1n) is 5.47. The van der Waals surface area contributed by atoms with E-state index in [0.29, 0.717) is 6.61 Å². The number of halogens is 1. The molecule has 0 aromatic heterocycles. The zero-order valence-electron chi connectivity index (χ0n) is 10.3. The molecule has 2 atom stereocenters. The average Bonchev–Trinajstić information content (AvgIpc) is 2.31. The number of carbonyl (C=O) groups excluding carboxylic acids is 1. The van der Waals surface area contributed by atoms with Gasteiger partial charge in [-0.2, -0.15) is 0 Å². The van der Waals surface area contributed by atoms with Crippen LogP contribution in [-0.4, -0.2) is 24.0 Å². The number of benzene rings is 1. The van der Waals surface area contributed by atoms with E-state index < -0.39 is 4.32 Å². The van der Waals surface area contributed by atoms with Gasteiger partial charge >= 0.3 is 5.97 Å². The van der Waals surface area contributed by atoms with Gasteiger partial charge in [0.25, 0.3) is 0 Å². The number of alkyl halides is 1. The highest BCUT2D eigenvalue weighted by molar-refractivity contribution is 9.10. The summed E-state index contributed by atoms with van der Waals surface area (Å²) < 4.78 is 9.58. The van der Waals surface area contributed by atoms with Gasteiger partial charge in [-0.25, -0.2) is 0 Å². The highest BCUT2D eigenvalue weighted by Gasteiger charge is 2.41. The number of carbonyl (C=O) groups is 1. The lowest BCUT2D eigenvalue weighted by atomic mass is 9.97. The van der Waals surface area contributed by atoms with Crippen LogP contribution < -0.4 is 0 Å². The molecule has 0 aliphatic rings. The molecular weight excluding hydrogens is 284 g/mol. The second-order valence-corrected chi connectivity index (χ2v) is 5.47. The van der Waals surface area contributed by atoms with E-state index in [-0.39, 0.29) is 12.1 Å². The molecule has 1 aromatic carbocycles. The molecule has 1 rings (SSSR count). The third kappa shape index (κ3) is 3.30. The summed E-state index contributed by atoms with van der Waals surface area (Å²) in [5, 5.41) is 0. The van der Waals surface area contributed by atoms with Crippen molar-refractivity contribution in [2.75, 3.05) is 13.7 Å². The summed E-state index contributed by atoms with van der Waals surface area (Å²) in [5.41, 5.74) is 0.933. The molecule has 0 aliphatic heterocycles. The normalized spacial score (nSPS) is 16.0. The molecule has 3 nitrogen and oxygen atoms in total. The van der Waals surface area contributed by atoms with E-state index in [1.54, 1.807) is 21.0 Å². The monoisotopic (exact) mass is 300 g/mol. The van der Waals surface area contributed by atoms with Crippen LogP contribution in [0.25, 0.3) is 0 Å². The Morgan fingerprint density at radius 3 is 2.47 bits per heavy atom. The maximum Gasteiger partial charge on any atom is 0.325 e. The van der Waals surface area contributed by atoms with Crippen LogP contribution in [0.2, 0.25) is 0 Å². The number of rotatable bonds is 5. The Bertz CT molecular complexity index is 362. The molecule has 0 saturated heterocycles. The Balaban J connectivity index is 2.97. The first kappa shape index (κ1) is 14.2. The Morgan fingerprint density at radius 2 is 2.00 bits per heavy atom. The van der Waals surface area contributed by atoms with Crippen molar-refractivity contribution < 1.29 is 14.3 Å². The van der Waals surface area contributed by atoms with Crippen molar-refractivity contribution in [3.05, 3.63) is 35.9 Å². The zero-order chi connectivity index (χ0) is 12.9. The second-order valence-electron chi connectivity index (χ2n) is 3.82. The molecule has 0 bridgehead atoms. The molecule has 1 aromatic rings. The molecule has 0 N–H and O–H groups in total. The lowest BCUT2D eigenvalue weighted by molar-refractivity contribution is -0.149. The van der Waals surface area contributed by atoms with Crippen LogP contribution >= 0.6 is 15.9 Å². The molecule has 0 fully saturated rings. The fraction of sp³-hybridized carbons (Fsp3) is 0.462. The van der Waals surface area contributed by atoms with Gasteiger partial charge in [0.05, 0.1) is 6.61 Å². The first-order valence-corrected chi connectivity index (χ1v) is 6.27. The Labute approximate surface area is 110 Å². The number of esters is 1. The molecule has 4 heteroatoms. The highest BCUT2D eigenvalue weighted by atomic mass is 79.9. The Kier molecular flexibility index (Phi) is 5.15. The lowest BCUT2D eigenvalue weighted by Gasteiger charge is -2.29. The van der Waals surface area contributed by atoms with E-state index in [9.17, 15) is 4.79 Å². The van der Waals surface area contributed by atoms with Crippen LogP contribution in [0, 0.1) is 0 Å². The van der Waals surface area contributed by atoms with Gasteiger partial charge in [-0.05, 0) is 19.4 Å². The number of methoxy groups -OCH3 is 1. The van der Waals surface area contributed by atoms with Crippen molar-refractivity contribution in [2.24, 2.45) is 0 Å². The van der Waals surface area contributed by atoms with Crippen molar-refractivity contribution in [1.29, 1.82) is 0 Å². The summed E-state index contributed by atoms with van der Waals surface area (Å²) in [6.07, 6.45) is -0.386. The van der Waals surface area contributed by atoms with E-state index in [0.717, 1.165) is 5.56 Å². The van der Waals surface area contributed by atoms with Crippen LogP contribution in [0.4, 0.5) is 0 Å². The van der Waals surface area contributed by atoms with E-state index >= 15 is 0 Å². The maximum absolute atomic E-state index is 11.9. The lowest BCUT2D eigenvalue weighted by Crippen LogP contribution is -2.38. The molecule has 0 amide bonds. The molecule has 0 aliphatic carbocycles. The van der Waals surface area contributed by atoms with Gasteiger partial charge < -0.3 is 9.47 Å². The average molecular weight is 301 g/mol. The smallest absolute Gasteiger partial charge is 0.325 e. The third-order valence-corrected chi connectivity index (χ3v) is 3.24. The van der Waals surface area contributed by atoms with Gasteiger partial charge in [0.1, 0.15) is 6.10 Å². The SMILES string of the molecule is CCOC(=O)C(C)(Br)C(OC)c1ccccc1. The van der Waals surface area contributed by atoms with Crippen molar-refractivity contribution in [1.82, 2.24) is 0 Å². The third-order valence-electron chi connectivity index (χ3n) is 2.50. The fourth-order valence-electron chi connectivity index (χ4n) is 1.68. The first-order chi connectivity index (χ1) is 8.04. The van der Waals surface area contributed by atoms with Gasteiger partial charge in [0.2, 0.25) is 0 Å². The summed E-state index contributed by atoms with van der Waals surface area (Å²) in [6, 6.07) is 9.59. The quantitative estimate of drug-likeness (QED) is 0.619. The summed E-state index contributed by atoms with van der Waals surface area (Å²) in [5.74, 6) is -0.323. The predicted octanol–water partition coefficient (Wildman–Crippen LogP) is 3.09. The van der Waals surface area contributed by atoms with Crippen LogP contribution in [-0.2, 0) is 14.3 Å². The second kappa shape index (κ2) is 6.17. The van der Waals surface area contributed by atoms with Crippen LogP contribution in [0.15, 0.2) is 30.3 Å². The van der Waals surface area contributed by atoms with E-state index in [1.807, 2.05) is 30.3 Å². The topological polar surface area (TPSA) is 35.5 Å².